The third kappa shape index (κ3) is 4.71. The van der Waals surface area contributed by atoms with E-state index in [1.807, 2.05) is 36.4 Å². The molecule has 27 heavy (non-hydrogen) atoms. The van der Waals surface area contributed by atoms with E-state index in [-0.39, 0.29) is 5.97 Å². The van der Waals surface area contributed by atoms with E-state index in [2.05, 4.69) is 36.6 Å². The van der Waals surface area contributed by atoms with Crippen LogP contribution in [0, 0.1) is 0 Å². The Morgan fingerprint density at radius 1 is 1.19 bits per heavy atom. The molecule has 0 bridgehead atoms. The first-order valence-electron chi connectivity index (χ1n) is 8.53. The molecule has 3 aromatic rings. The molecule has 0 fully saturated rings. The number of esters is 1. The molecule has 1 aromatic heterocycles. The number of carbonyl (C=O) groups excluding carboxylic acids is 1. The number of benzene rings is 2. The molecular formula is C19H19BrN4O3. The number of tetrazole rings is 1. The number of aromatic nitrogens is 4. The molecular weight excluding hydrogens is 412 g/mol. The lowest BCUT2D eigenvalue weighted by molar-refractivity contribution is 0.0525. The second kappa shape index (κ2) is 9.27. The fraction of sp³-hybridized carbons (Fsp3) is 0.263. The predicted molar refractivity (Wildman–Crippen MR) is 104 cm³/mol. The van der Waals surface area contributed by atoms with Gasteiger partial charge in [-0.05, 0) is 47.9 Å². The number of H-pyrrole nitrogens is 1. The van der Waals surface area contributed by atoms with Gasteiger partial charge in [0, 0.05) is 10.9 Å². The molecule has 0 radical (unpaired) electrons. The van der Waals surface area contributed by atoms with Crippen LogP contribution in [0.15, 0.2) is 42.5 Å². The van der Waals surface area contributed by atoms with Crippen LogP contribution in [0.25, 0.3) is 11.4 Å². The van der Waals surface area contributed by atoms with Crippen molar-refractivity contribution in [2.75, 3.05) is 18.5 Å². The van der Waals surface area contributed by atoms with E-state index in [0.29, 0.717) is 31.0 Å². The van der Waals surface area contributed by atoms with Crippen molar-refractivity contribution in [1.29, 1.82) is 0 Å². The highest BCUT2D eigenvalue weighted by Gasteiger charge is 2.16. The van der Waals surface area contributed by atoms with Gasteiger partial charge in [0.05, 0.1) is 18.8 Å². The number of hydrogen-bond donors (Lipinski definition) is 1. The van der Waals surface area contributed by atoms with Gasteiger partial charge in [-0.2, -0.15) is 5.21 Å². The molecule has 0 atom stereocenters. The van der Waals surface area contributed by atoms with Crippen molar-refractivity contribution in [2.45, 2.75) is 13.3 Å². The van der Waals surface area contributed by atoms with Crippen molar-refractivity contribution in [3.05, 3.63) is 59.2 Å². The lowest BCUT2D eigenvalue weighted by atomic mass is 9.96. The van der Waals surface area contributed by atoms with Crippen LogP contribution in [0.4, 0.5) is 0 Å². The number of aromatic amines is 1. The number of alkyl halides is 1. The molecule has 0 aliphatic carbocycles. The van der Waals surface area contributed by atoms with Crippen molar-refractivity contribution in [1.82, 2.24) is 20.6 Å². The summed E-state index contributed by atoms with van der Waals surface area (Å²) in [4.78, 5) is 12.3. The molecule has 140 valence electrons. The fourth-order valence-corrected chi connectivity index (χ4v) is 2.89. The Balaban J connectivity index is 1.97. The second-order valence-electron chi connectivity index (χ2n) is 5.65. The van der Waals surface area contributed by atoms with Crippen molar-refractivity contribution >= 4 is 21.9 Å². The molecule has 0 unspecified atom stereocenters. The third-order valence-electron chi connectivity index (χ3n) is 3.91. The van der Waals surface area contributed by atoms with Crippen LogP contribution in [-0.2, 0) is 11.2 Å². The van der Waals surface area contributed by atoms with E-state index < -0.39 is 0 Å². The Kier molecular flexibility index (Phi) is 6.54. The first kappa shape index (κ1) is 19.0. The monoisotopic (exact) mass is 430 g/mol. The van der Waals surface area contributed by atoms with E-state index in [1.54, 1.807) is 13.0 Å². The average Bonchev–Trinajstić information content (AvgIpc) is 3.22. The molecule has 0 amide bonds. The zero-order valence-corrected chi connectivity index (χ0v) is 16.4. The number of carbonyl (C=O) groups is 1. The minimum Gasteiger partial charge on any atom is -0.493 e. The maximum atomic E-state index is 12.3. The van der Waals surface area contributed by atoms with Crippen LogP contribution < -0.4 is 4.74 Å². The van der Waals surface area contributed by atoms with E-state index in [0.717, 1.165) is 27.8 Å². The van der Waals surface area contributed by atoms with Crippen LogP contribution in [0.3, 0.4) is 0 Å². The zero-order chi connectivity index (χ0) is 19.1. The van der Waals surface area contributed by atoms with Crippen molar-refractivity contribution in [3.63, 3.8) is 0 Å². The Morgan fingerprint density at radius 3 is 2.78 bits per heavy atom. The van der Waals surface area contributed by atoms with E-state index >= 15 is 0 Å². The van der Waals surface area contributed by atoms with Crippen molar-refractivity contribution < 1.29 is 14.3 Å². The van der Waals surface area contributed by atoms with E-state index in [4.69, 9.17) is 9.47 Å². The SMILES string of the molecule is CCOC(=O)c1ccccc1Cc1ccc(OCCBr)cc1-c1nn[nH]n1. The van der Waals surface area contributed by atoms with Crippen LogP contribution in [0.2, 0.25) is 0 Å². The first-order valence-corrected chi connectivity index (χ1v) is 9.65. The second-order valence-corrected chi connectivity index (χ2v) is 6.44. The molecule has 0 saturated heterocycles. The standard InChI is InChI=1S/C19H19BrN4O3/c1-2-26-19(25)16-6-4-3-5-13(16)11-14-7-8-15(27-10-9-20)12-17(14)18-21-23-24-22-18/h3-8,12H,2,9-11H2,1H3,(H,21,22,23,24). The first-order chi connectivity index (χ1) is 13.2. The molecule has 0 aliphatic rings. The molecule has 2 aromatic carbocycles. The normalized spacial score (nSPS) is 10.6. The van der Waals surface area contributed by atoms with Crippen molar-refractivity contribution in [2.24, 2.45) is 0 Å². The predicted octanol–water partition coefficient (Wildman–Crippen LogP) is 3.41. The van der Waals surface area contributed by atoms with Gasteiger partial charge in [-0.3, -0.25) is 0 Å². The van der Waals surface area contributed by atoms with Crippen LogP contribution in [-0.4, -0.2) is 45.1 Å². The highest BCUT2D eigenvalue weighted by Crippen LogP contribution is 2.28. The Hall–Kier alpha value is -2.74. The summed E-state index contributed by atoms with van der Waals surface area (Å²) in [6.45, 7) is 2.68. The third-order valence-corrected chi connectivity index (χ3v) is 4.23. The lowest BCUT2D eigenvalue weighted by Gasteiger charge is -2.13. The van der Waals surface area contributed by atoms with Gasteiger partial charge >= 0.3 is 5.97 Å². The van der Waals surface area contributed by atoms with Crippen molar-refractivity contribution in [3.8, 4) is 17.1 Å². The molecule has 8 heteroatoms. The minimum atomic E-state index is -0.327. The summed E-state index contributed by atoms with van der Waals surface area (Å²) in [6, 6.07) is 13.2. The smallest absolute Gasteiger partial charge is 0.338 e. The number of halogens is 1. The highest BCUT2D eigenvalue weighted by atomic mass is 79.9. The molecule has 0 spiro atoms. The van der Waals surface area contributed by atoms with Gasteiger partial charge in [0.25, 0.3) is 0 Å². The summed E-state index contributed by atoms with van der Waals surface area (Å²) in [5.74, 6) is 0.867. The zero-order valence-electron chi connectivity index (χ0n) is 14.8. The van der Waals surface area contributed by atoms with Gasteiger partial charge in [-0.1, -0.05) is 40.2 Å². The molecule has 0 aliphatic heterocycles. The quantitative estimate of drug-likeness (QED) is 0.434. The minimum absolute atomic E-state index is 0.327. The summed E-state index contributed by atoms with van der Waals surface area (Å²) < 4.78 is 10.9. The molecule has 7 nitrogen and oxygen atoms in total. The molecule has 1 heterocycles. The number of rotatable bonds is 8. The summed E-state index contributed by atoms with van der Waals surface area (Å²) in [5.41, 5.74) is 3.18. The number of ether oxygens (including phenoxy) is 2. The summed E-state index contributed by atoms with van der Waals surface area (Å²) in [6.07, 6.45) is 0.525. The Labute approximate surface area is 165 Å². The van der Waals surface area contributed by atoms with Gasteiger partial charge in [0.2, 0.25) is 5.82 Å². The van der Waals surface area contributed by atoms with E-state index in [1.165, 1.54) is 0 Å². The van der Waals surface area contributed by atoms with Gasteiger partial charge in [-0.25, -0.2) is 4.79 Å². The lowest BCUT2D eigenvalue weighted by Crippen LogP contribution is -2.09. The summed E-state index contributed by atoms with van der Waals surface area (Å²) >= 11 is 3.35. The van der Waals surface area contributed by atoms with Gasteiger partial charge in [0.15, 0.2) is 0 Å². The van der Waals surface area contributed by atoms with Gasteiger partial charge < -0.3 is 9.47 Å². The summed E-state index contributed by atoms with van der Waals surface area (Å²) in [5, 5.41) is 15.0. The fourth-order valence-electron chi connectivity index (χ4n) is 2.73. The maximum absolute atomic E-state index is 12.3. The van der Waals surface area contributed by atoms with E-state index in [9.17, 15) is 4.79 Å². The largest absolute Gasteiger partial charge is 0.493 e. The highest BCUT2D eigenvalue weighted by molar-refractivity contribution is 9.09. The average molecular weight is 431 g/mol. The van der Waals surface area contributed by atoms with Gasteiger partial charge in [0.1, 0.15) is 5.75 Å². The Bertz CT molecular complexity index is 900. The number of nitrogens with one attached hydrogen (secondary N) is 1. The van der Waals surface area contributed by atoms with Crippen LogP contribution in [0.1, 0.15) is 28.4 Å². The number of nitrogens with zero attached hydrogens (tertiary/aromatic N) is 3. The summed E-state index contributed by atoms with van der Waals surface area (Å²) in [7, 11) is 0. The molecule has 3 rings (SSSR count). The molecule has 1 N–H and O–H groups in total. The number of hydrogen-bond acceptors (Lipinski definition) is 6. The van der Waals surface area contributed by atoms with Gasteiger partial charge in [-0.15, -0.1) is 10.2 Å². The molecule has 0 saturated carbocycles. The van der Waals surface area contributed by atoms with Crippen LogP contribution in [0.5, 0.6) is 5.75 Å². The topological polar surface area (TPSA) is 90.0 Å². The maximum Gasteiger partial charge on any atom is 0.338 e. The Morgan fingerprint density at radius 2 is 2.04 bits per heavy atom. The van der Waals surface area contributed by atoms with Crippen LogP contribution >= 0.6 is 15.9 Å².